The summed E-state index contributed by atoms with van der Waals surface area (Å²) in [5.41, 5.74) is -0.974. The van der Waals surface area contributed by atoms with Crippen LogP contribution in [0.4, 0.5) is 26.3 Å². The highest BCUT2D eigenvalue weighted by molar-refractivity contribution is 6.01. The lowest BCUT2D eigenvalue weighted by molar-refractivity contribution is -0.153. The number of ether oxygens (including phenoxy) is 2. The van der Waals surface area contributed by atoms with Crippen LogP contribution in [-0.4, -0.2) is 48.8 Å². The van der Waals surface area contributed by atoms with E-state index in [-0.39, 0.29) is 35.9 Å². The second-order valence-corrected chi connectivity index (χ2v) is 6.91. The summed E-state index contributed by atoms with van der Waals surface area (Å²) < 4.78 is 85.6. The van der Waals surface area contributed by atoms with Crippen molar-refractivity contribution in [1.29, 1.82) is 5.26 Å². The van der Waals surface area contributed by atoms with Crippen LogP contribution in [0.5, 0.6) is 11.5 Å². The number of nitriles is 1. The van der Waals surface area contributed by atoms with E-state index in [1.165, 1.54) is 17.0 Å². The Morgan fingerprint density at radius 1 is 1.19 bits per heavy atom. The van der Waals surface area contributed by atoms with E-state index in [9.17, 15) is 36.4 Å². The van der Waals surface area contributed by atoms with Gasteiger partial charge in [-0.15, -0.1) is 0 Å². The van der Waals surface area contributed by atoms with Crippen LogP contribution in [0.25, 0.3) is 0 Å². The number of carbonyl (C=O) groups is 1. The lowest BCUT2D eigenvalue weighted by Crippen LogP contribution is -2.49. The van der Waals surface area contributed by atoms with Crippen LogP contribution < -0.4 is 9.47 Å². The molecule has 2 aromatic rings. The van der Waals surface area contributed by atoms with Gasteiger partial charge < -0.3 is 14.4 Å². The summed E-state index contributed by atoms with van der Waals surface area (Å²) in [4.78, 5) is 18.0. The number of carbonyl (C=O) groups excluding carboxylic acids is 1. The van der Waals surface area contributed by atoms with E-state index < -0.39 is 36.2 Å². The Bertz CT molecular complexity index is 1040. The average Bonchev–Trinajstić information content (AvgIpc) is 2.69. The van der Waals surface area contributed by atoms with Gasteiger partial charge in [0.2, 0.25) is 0 Å². The second-order valence-electron chi connectivity index (χ2n) is 6.91. The number of hydrogen-bond donors (Lipinski definition) is 0. The molecular weight excluding hydrogens is 444 g/mol. The number of methoxy groups -OCH3 is 1. The quantitative estimate of drug-likeness (QED) is 0.628. The zero-order valence-electron chi connectivity index (χ0n) is 16.4. The number of halogens is 6. The first-order valence-electron chi connectivity index (χ1n) is 9.07. The Morgan fingerprint density at radius 3 is 2.38 bits per heavy atom. The standard InChI is InChI=1S/C20H15F6N3O3/c1-31-17-11(6-27)2-5-15(32-10-19(21,22)23)16(17)18(30)29-8-12(9-29)14-4-3-13(7-28-14)20(24,25)26/h2-5,7,12H,8-10H2,1H3. The highest BCUT2D eigenvalue weighted by Gasteiger charge is 2.38. The molecule has 1 aliphatic heterocycles. The summed E-state index contributed by atoms with van der Waals surface area (Å²) >= 11 is 0. The summed E-state index contributed by atoms with van der Waals surface area (Å²) in [6, 6.07) is 6.14. The average molecular weight is 459 g/mol. The molecule has 1 aromatic carbocycles. The number of benzene rings is 1. The van der Waals surface area contributed by atoms with E-state index in [0.29, 0.717) is 11.9 Å². The molecule has 0 radical (unpaired) electrons. The van der Waals surface area contributed by atoms with Gasteiger partial charge in [-0.1, -0.05) is 0 Å². The van der Waals surface area contributed by atoms with E-state index in [2.05, 4.69) is 4.98 Å². The monoisotopic (exact) mass is 459 g/mol. The number of pyridine rings is 1. The number of likely N-dealkylation sites (tertiary alicyclic amines) is 1. The molecule has 2 heterocycles. The highest BCUT2D eigenvalue weighted by atomic mass is 19.4. The Balaban J connectivity index is 1.81. The predicted molar refractivity (Wildman–Crippen MR) is 97.1 cm³/mol. The highest BCUT2D eigenvalue weighted by Crippen LogP contribution is 2.37. The van der Waals surface area contributed by atoms with E-state index in [1.807, 2.05) is 0 Å². The van der Waals surface area contributed by atoms with Crippen molar-refractivity contribution in [1.82, 2.24) is 9.88 Å². The van der Waals surface area contributed by atoms with Crippen molar-refractivity contribution >= 4 is 5.91 Å². The van der Waals surface area contributed by atoms with E-state index >= 15 is 0 Å². The Hall–Kier alpha value is -3.49. The third-order valence-electron chi connectivity index (χ3n) is 4.75. The molecule has 170 valence electrons. The Kier molecular flexibility index (Phi) is 6.20. The predicted octanol–water partition coefficient (Wildman–Crippen LogP) is 4.16. The van der Waals surface area contributed by atoms with Crippen molar-refractivity contribution in [2.45, 2.75) is 18.3 Å². The first-order chi connectivity index (χ1) is 14.9. The van der Waals surface area contributed by atoms with Gasteiger partial charge in [0.25, 0.3) is 5.91 Å². The molecule has 0 saturated carbocycles. The van der Waals surface area contributed by atoms with Gasteiger partial charge in [0, 0.05) is 30.9 Å². The lowest BCUT2D eigenvalue weighted by atomic mass is 9.94. The van der Waals surface area contributed by atoms with Crippen molar-refractivity contribution in [3.8, 4) is 17.6 Å². The zero-order chi connectivity index (χ0) is 23.7. The van der Waals surface area contributed by atoms with Gasteiger partial charge in [0.1, 0.15) is 17.4 Å². The molecule has 1 fully saturated rings. The molecule has 0 spiro atoms. The van der Waals surface area contributed by atoms with Crippen LogP contribution >= 0.6 is 0 Å². The first-order valence-corrected chi connectivity index (χ1v) is 9.07. The van der Waals surface area contributed by atoms with Gasteiger partial charge in [-0.25, -0.2) is 0 Å². The topological polar surface area (TPSA) is 75.5 Å². The van der Waals surface area contributed by atoms with Crippen LogP contribution in [0.2, 0.25) is 0 Å². The summed E-state index contributed by atoms with van der Waals surface area (Å²) in [5.74, 6) is -1.72. The number of alkyl halides is 6. The smallest absolute Gasteiger partial charge is 0.422 e. The molecule has 0 aliphatic carbocycles. The molecule has 12 heteroatoms. The molecule has 0 bridgehead atoms. The molecular formula is C20H15F6N3O3. The second kappa shape index (κ2) is 8.57. The van der Waals surface area contributed by atoms with Crippen LogP contribution in [0.15, 0.2) is 30.5 Å². The molecule has 1 aliphatic rings. The fourth-order valence-corrected chi connectivity index (χ4v) is 3.15. The third-order valence-corrected chi connectivity index (χ3v) is 4.75. The number of hydrogen-bond acceptors (Lipinski definition) is 5. The fraction of sp³-hybridized carbons (Fsp3) is 0.350. The normalized spacial score (nSPS) is 14.5. The maximum Gasteiger partial charge on any atom is 0.422 e. The summed E-state index contributed by atoms with van der Waals surface area (Å²) in [5, 5.41) is 9.22. The van der Waals surface area contributed by atoms with Crippen LogP contribution in [-0.2, 0) is 6.18 Å². The largest absolute Gasteiger partial charge is 0.494 e. The molecule has 1 amide bonds. The van der Waals surface area contributed by atoms with Gasteiger partial charge in [0.15, 0.2) is 12.4 Å². The molecule has 1 aromatic heterocycles. The van der Waals surface area contributed by atoms with E-state index in [4.69, 9.17) is 9.47 Å². The van der Waals surface area contributed by atoms with Crippen molar-refractivity contribution < 1.29 is 40.6 Å². The van der Waals surface area contributed by atoms with Crippen molar-refractivity contribution in [2.75, 3.05) is 26.8 Å². The van der Waals surface area contributed by atoms with Gasteiger partial charge in [-0.05, 0) is 24.3 Å². The van der Waals surface area contributed by atoms with Crippen LogP contribution in [0.3, 0.4) is 0 Å². The van der Waals surface area contributed by atoms with Crippen LogP contribution in [0.1, 0.15) is 33.1 Å². The van der Waals surface area contributed by atoms with Crippen molar-refractivity contribution in [3.05, 3.63) is 52.8 Å². The number of rotatable bonds is 5. The minimum absolute atomic E-state index is 0.0653. The van der Waals surface area contributed by atoms with Gasteiger partial charge in [-0.2, -0.15) is 31.6 Å². The van der Waals surface area contributed by atoms with Crippen molar-refractivity contribution in [2.24, 2.45) is 0 Å². The minimum atomic E-state index is -4.66. The lowest BCUT2D eigenvalue weighted by Gasteiger charge is -2.39. The van der Waals surface area contributed by atoms with Crippen LogP contribution in [0, 0.1) is 11.3 Å². The maximum atomic E-state index is 13.0. The molecule has 6 nitrogen and oxygen atoms in total. The van der Waals surface area contributed by atoms with E-state index in [0.717, 1.165) is 19.2 Å². The van der Waals surface area contributed by atoms with Gasteiger partial charge in [0.05, 0.1) is 18.2 Å². The number of amides is 1. The van der Waals surface area contributed by atoms with E-state index in [1.54, 1.807) is 6.07 Å². The Morgan fingerprint density at radius 2 is 1.88 bits per heavy atom. The summed E-state index contributed by atoms with van der Waals surface area (Å²) in [7, 11) is 1.16. The molecule has 3 rings (SSSR count). The third kappa shape index (κ3) is 4.87. The molecule has 1 saturated heterocycles. The first kappa shape index (κ1) is 23.2. The number of nitrogens with zero attached hydrogens (tertiary/aromatic N) is 3. The van der Waals surface area contributed by atoms with Gasteiger partial charge in [-0.3, -0.25) is 9.78 Å². The fourth-order valence-electron chi connectivity index (χ4n) is 3.15. The SMILES string of the molecule is COc1c(C#N)ccc(OCC(F)(F)F)c1C(=O)N1CC(c2ccc(C(F)(F)F)cn2)C1. The van der Waals surface area contributed by atoms with Crippen molar-refractivity contribution in [3.63, 3.8) is 0 Å². The molecule has 0 unspecified atom stereocenters. The molecule has 0 atom stereocenters. The molecule has 32 heavy (non-hydrogen) atoms. The minimum Gasteiger partial charge on any atom is -0.494 e. The zero-order valence-corrected chi connectivity index (χ0v) is 16.4. The summed E-state index contributed by atoms with van der Waals surface area (Å²) in [6.45, 7) is -1.52. The summed E-state index contributed by atoms with van der Waals surface area (Å²) in [6.07, 6.45) is -8.48. The maximum absolute atomic E-state index is 13.0. The van der Waals surface area contributed by atoms with Gasteiger partial charge >= 0.3 is 12.4 Å². The number of aromatic nitrogens is 1. The Labute approximate surface area is 178 Å². The molecule has 0 N–H and O–H groups in total.